The number of rotatable bonds is 3. The van der Waals surface area contributed by atoms with Gasteiger partial charge in [0, 0.05) is 24.8 Å². The maximum Gasteiger partial charge on any atom is 0.104 e. The third kappa shape index (κ3) is 2.77. The molecule has 1 heterocycles. The summed E-state index contributed by atoms with van der Waals surface area (Å²) in [6.07, 6.45) is 0. The number of aromatic amines is 1. The van der Waals surface area contributed by atoms with Gasteiger partial charge in [-0.25, -0.2) is 4.98 Å². The first-order chi connectivity index (χ1) is 7.85. The number of imidazole rings is 1. The second-order valence-electron chi connectivity index (χ2n) is 5.37. The van der Waals surface area contributed by atoms with Crippen molar-refractivity contribution in [2.45, 2.75) is 26.3 Å². The van der Waals surface area contributed by atoms with Crippen LogP contribution in [0.4, 0.5) is 5.69 Å². The van der Waals surface area contributed by atoms with E-state index in [1.165, 1.54) is 0 Å². The minimum Gasteiger partial charge on any atom is -0.373 e. The Kier molecular flexibility index (Phi) is 2.83. The summed E-state index contributed by atoms with van der Waals surface area (Å²) >= 11 is 0. The van der Waals surface area contributed by atoms with Crippen LogP contribution in [0.1, 0.15) is 19.7 Å². The molecule has 0 aliphatic heterocycles. The van der Waals surface area contributed by atoms with Crippen LogP contribution >= 0.6 is 0 Å². The highest BCUT2D eigenvalue weighted by Crippen LogP contribution is 2.20. The van der Waals surface area contributed by atoms with Crippen molar-refractivity contribution in [2.24, 2.45) is 5.73 Å². The molecule has 2 rings (SSSR count). The molecule has 2 aromatic rings. The number of benzene rings is 1. The molecule has 0 spiro atoms. The molecule has 0 saturated carbocycles. The Morgan fingerprint density at radius 2 is 2.12 bits per heavy atom. The fourth-order valence-electron chi connectivity index (χ4n) is 2.07. The van der Waals surface area contributed by atoms with Crippen molar-refractivity contribution in [3.05, 3.63) is 24.0 Å². The van der Waals surface area contributed by atoms with E-state index in [4.69, 9.17) is 5.73 Å². The summed E-state index contributed by atoms with van der Waals surface area (Å²) in [5, 5.41) is 0. The molecular formula is C13H20N4. The van der Waals surface area contributed by atoms with Crippen LogP contribution in [-0.4, -0.2) is 29.1 Å². The Labute approximate surface area is 102 Å². The first kappa shape index (κ1) is 11.9. The molecule has 4 nitrogen and oxygen atoms in total. The minimum absolute atomic E-state index is 0.201. The Morgan fingerprint density at radius 3 is 2.76 bits per heavy atom. The lowest BCUT2D eigenvalue weighted by Crippen LogP contribution is -2.44. The second-order valence-corrected chi connectivity index (χ2v) is 5.37. The zero-order valence-corrected chi connectivity index (χ0v) is 10.9. The molecule has 0 unspecified atom stereocenters. The number of nitrogens with zero attached hydrogens (tertiary/aromatic N) is 2. The van der Waals surface area contributed by atoms with Crippen LogP contribution in [0.3, 0.4) is 0 Å². The maximum absolute atomic E-state index is 6.03. The number of likely N-dealkylation sites (N-methyl/N-ethyl adjacent to an activating group) is 1. The SMILES string of the molecule is Cc1nc2ccc(N(C)CC(C)(C)N)cc2[nH]1. The molecule has 0 amide bonds. The third-order valence-electron chi connectivity index (χ3n) is 2.67. The lowest BCUT2D eigenvalue weighted by Gasteiger charge is -2.28. The lowest BCUT2D eigenvalue weighted by atomic mass is 10.1. The number of aryl methyl sites for hydroxylation is 1. The van der Waals surface area contributed by atoms with Crippen molar-refractivity contribution in [2.75, 3.05) is 18.5 Å². The van der Waals surface area contributed by atoms with E-state index < -0.39 is 0 Å². The summed E-state index contributed by atoms with van der Waals surface area (Å²) in [7, 11) is 2.05. The van der Waals surface area contributed by atoms with Crippen molar-refractivity contribution in [1.82, 2.24) is 9.97 Å². The standard InChI is InChI=1S/C13H20N4/c1-9-15-11-6-5-10(7-12(11)16-9)17(4)8-13(2,3)14/h5-7H,8,14H2,1-4H3,(H,15,16). The average molecular weight is 232 g/mol. The normalized spacial score (nSPS) is 12.1. The van der Waals surface area contributed by atoms with Crippen LogP contribution in [0.15, 0.2) is 18.2 Å². The molecular weight excluding hydrogens is 212 g/mol. The summed E-state index contributed by atoms with van der Waals surface area (Å²) in [6.45, 7) is 6.84. The average Bonchev–Trinajstić information content (AvgIpc) is 2.53. The van der Waals surface area contributed by atoms with E-state index in [1.807, 2.05) is 26.8 Å². The zero-order valence-electron chi connectivity index (χ0n) is 10.9. The Bertz CT molecular complexity index is 522. The molecule has 0 aliphatic rings. The van der Waals surface area contributed by atoms with Gasteiger partial charge in [-0.15, -0.1) is 0 Å². The van der Waals surface area contributed by atoms with Crippen LogP contribution in [0.5, 0.6) is 0 Å². The smallest absolute Gasteiger partial charge is 0.104 e. The van der Waals surface area contributed by atoms with Crippen LogP contribution in [0.2, 0.25) is 0 Å². The van der Waals surface area contributed by atoms with Crippen molar-refractivity contribution in [1.29, 1.82) is 0 Å². The highest BCUT2D eigenvalue weighted by Gasteiger charge is 2.14. The highest BCUT2D eigenvalue weighted by atomic mass is 15.1. The number of fused-ring (bicyclic) bond motifs is 1. The minimum atomic E-state index is -0.201. The molecule has 3 N–H and O–H groups in total. The van der Waals surface area contributed by atoms with Gasteiger partial charge in [0.05, 0.1) is 11.0 Å². The summed E-state index contributed by atoms with van der Waals surface area (Å²) in [6, 6.07) is 6.23. The largest absolute Gasteiger partial charge is 0.373 e. The number of H-pyrrole nitrogens is 1. The van der Waals surface area contributed by atoms with Gasteiger partial charge in [-0.05, 0) is 39.0 Å². The van der Waals surface area contributed by atoms with Gasteiger partial charge in [0.25, 0.3) is 0 Å². The van der Waals surface area contributed by atoms with Gasteiger partial charge in [0.1, 0.15) is 5.82 Å². The maximum atomic E-state index is 6.03. The topological polar surface area (TPSA) is 57.9 Å². The monoisotopic (exact) mass is 232 g/mol. The second kappa shape index (κ2) is 4.04. The van der Waals surface area contributed by atoms with Crippen LogP contribution in [-0.2, 0) is 0 Å². The molecule has 4 heteroatoms. The van der Waals surface area contributed by atoms with Gasteiger partial charge >= 0.3 is 0 Å². The lowest BCUT2D eigenvalue weighted by molar-refractivity contribution is 0.519. The summed E-state index contributed by atoms with van der Waals surface area (Å²) in [5.41, 5.74) is 9.06. The Morgan fingerprint density at radius 1 is 1.41 bits per heavy atom. The zero-order chi connectivity index (χ0) is 12.6. The van der Waals surface area contributed by atoms with E-state index in [-0.39, 0.29) is 5.54 Å². The summed E-state index contributed by atoms with van der Waals surface area (Å²) < 4.78 is 0. The predicted molar refractivity (Wildman–Crippen MR) is 72.4 cm³/mol. The first-order valence-electron chi connectivity index (χ1n) is 5.81. The third-order valence-corrected chi connectivity index (χ3v) is 2.67. The van der Waals surface area contributed by atoms with Gasteiger partial charge in [0.15, 0.2) is 0 Å². The van der Waals surface area contributed by atoms with Gasteiger partial charge in [-0.3, -0.25) is 0 Å². The number of anilines is 1. The molecule has 1 aromatic carbocycles. The summed E-state index contributed by atoms with van der Waals surface area (Å²) in [4.78, 5) is 9.80. The molecule has 17 heavy (non-hydrogen) atoms. The summed E-state index contributed by atoms with van der Waals surface area (Å²) in [5.74, 6) is 0.943. The fourth-order valence-corrected chi connectivity index (χ4v) is 2.07. The van der Waals surface area contributed by atoms with Crippen LogP contribution in [0.25, 0.3) is 11.0 Å². The van der Waals surface area contributed by atoms with Crippen molar-refractivity contribution in [3.63, 3.8) is 0 Å². The highest BCUT2D eigenvalue weighted by molar-refractivity contribution is 5.79. The number of nitrogens with one attached hydrogen (secondary N) is 1. The predicted octanol–water partition coefficient (Wildman–Crippen LogP) is 2.04. The van der Waals surface area contributed by atoms with Gasteiger partial charge < -0.3 is 15.6 Å². The molecule has 1 aromatic heterocycles. The Hall–Kier alpha value is -1.55. The Balaban J connectivity index is 2.29. The molecule has 0 saturated heterocycles. The van der Waals surface area contributed by atoms with E-state index >= 15 is 0 Å². The van der Waals surface area contributed by atoms with E-state index in [2.05, 4.69) is 34.0 Å². The molecule has 0 radical (unpaired) electrons. The molecule has 0 fully saturated rings. The van der Waals surface area contributed by atoms with E-state index in [9.17, 15) is 0 Å². The van der Waals surface area contributed by atoms with Gasteiger partial charge in [0.2, 0.25) is 0 Å². The van der Waals surface area contributed by atoms with E-state index in [1.54, 1.807) is 0 Å². The van der Waals surface area contributed by atoms with E-state index in [0.717, 1.165) is 29.1 Å². The van der Waals surface area contributed by atoms with E-state index in [0.29, 0.717) is 0 Å². The quantitative estimate of drug-likeness (QED) is 0.851. The molecule has 0 bridgehead atoms. The van der Waals surface area contributed by atoms with Crippen molar-refractivity contribution < 1.29 is 0 Å². The van der Waals surface area contributed by atoms with Crippen molar-refractivity contribution in [3.8, 4) is 0 Å². The number of hydrogen-bond acceptors (Lipinski definition) is 3. The fraction of sp³-hybridized carbons (Fsp3) is 0.462. The number of hydrogen-bond donors (Lipinski definition) is 2. The first-order valence-corrected chi connectivity index (χ1v) is 5.81. The molecule has 0 atom stereocenters. The van der Waals surface area contributed by atoms with Crippen LogP contribution in [0, 0.1) is 6.92 Å². The van der Waals surface area contributed by atoms with Crippen molar-refractivity contribution >= 4 is 16.7 Å². The van der Waals surface area contributed by atoms with Gasteiger partial charge in [-0.1, -0.05) is 0 Å². The van der Waals surface area contributed by atoms with Gasteiger partial charge in [-0.2, -0.15) is 0 Å². The molecule has 0 aliphatic carbocycles. The number of aromatic nitrogens is 2. The van der Waals surface area contributed by atoms with Crippen LogP contribution < -0.4 is 10.6 Å². The molecule has 92 valence electrons. The number of nitrogens with two attached hydrogens (primary N) is 1.